The number of rotatable bonds is 6. The van der Waals surface area contributed by atoms with Gasteiger partial charge in [0, 0.05) is 12.6 Å². The number of nitrogens with one attached hydrogen (secondary N) is 2. The number of nitrogens with two attached hydrogens (primary N) is 1. The molecule has 25 heavy (non-hydrogen) atoms. The van der Waals surface area contributed by atoms with Crippen molar-refractivity contribution in [2.75, 3.05) is 0 Å². The van der Waals surface area contributed by atoms with E-state index in [2.05, 4.69) is 24.5 Å². The Morgan fingerprint density at radius 2 is 1.72 bits per heavy atom. The molecule has 6 nitrogen and oxygen atoms in total. The number of amides is 2. The normalized spacial score (nSPS) is 17.9. The fourth-order valence-electron chi connectivity index (χ4n) is 3.55. The summed E-state index contributed by atoms with van der Waals surface area (Å²) in [5.74, 6) is 0. The van der Waals surface area contributed by atoms with Gasteiger partial charge in [0.05, 0.1) is 4.90 Å². The highest BCUT2D eigenvalue weighted by atomic mass is 32.2. The highest BCUT2D eigenvalue weighted by molar-refractivity contribution is 7.89. The Kier molecular flexibility index (Phi) is 6.46. The third-order valence-corrected chi connectivity index (χ3v) is 6.52. The smallest absolute Gasteiger partial charge is 0.315 e. The van der Waals surface area contributed by atoms with Gasteiger partial charge in [-0.25, -0.2) is 18.4 Å². The molecule has 1 aromatic carbocycles. The van der Waals surface area contributed by atoms with Gasteiger partial charge in [-0.05, 0) is 48.8 Å². The first kappa shape index (κ1) is 19.7. The van der Waals surface area contributed by atoms with Crippen molar-refractivity contribution in [2.24, 2.45) is 10.6 Å². The van der Waals surface area contributed by atoms with E-state index in [4.69, 9.17) is 5.14 Å². The van der Waals surface area contributed by atoms with Crippen molar-refractivity contribution >= 4 is 16.1 Å². The third kappa shape index (κ3) is 5.44. The van der Waals surface area contributed by atoms with Crippen molar-refractivity contribution in [3.05, 3.63) is 29.8 Å². The summed E-state index contributed by atoms with van der Waals surface area (Å²) in [5.41, 5.74) is 1.28. The molecular weight excluding hydrogens is 338 g/mol. The minimum atomic E-state index is -3.68. The largest absolute Gasteiger partial charge is 0.335 e. The Morgan fingerprint density at radius 3 is 2.20 bits per heavy atom. The molecule has 2 amide bonds. The van der Waals surface area contributed by atoms with Gasteiger partial charge in [0.25, 0.3) is 0 Å². The molecule has 0 aliphatic heterocycles. The molecule has 140 valence electrons. The van der Waals surface area contributed by atoms with Crippen LogP contribution < -0.4 is 15.8 Å². The monoisotopic (exact) mass is 367 g/mol. The van der Waals surface area contributed by atoms with Crippen LogP contribution in [0.5, 0.6) is 0 Å². The lowest BCUT2D eigenvalue weighted by molar-refractivity contribution is 0.149. The topological polar surface area (TPSA) is 101 Å². The van der Waals surface area contributed by atoms with Crippen LogP contribution in [0.15, 0.2) is 29.2 Å². The van der Waals surface area contributed by atoms with Gasteiger partial charge < -0.3 is 10.6 Å². The van der Waals surface area contributed by atoms with E-state index >= 15 is 0 Å². The molecule has 2 rings (SSSR count). The number of carbonyl (C=O) groups excluding carboxylic acids is 1. The summed E-state index contributed by atoms with van der Waals surface area (Å²) in [6.45, 7) is 4.85. The molecule has 0 unspecified atom stereocenters. The van der Waals surface area contributed by atoms with Crippen LogP contribution in [0.25, 0.3) is 0 Å². The lowest BCUT2D eigenvalue weighted by Crippen LogP contribution is -2.44. The molecule has 0 aromatic heterocycles. The third-order valence-electron chi connectivity index (χ3n) is 5.59. The molecule has 0 radical (unpaired) electrons. The van der Waals surface area contributed by atoms with Gasteiger partial charge in [-0.15, -0.1) is 0 Å². The first-order valence-electron chi connectivity index (χ1n) is 8.94. The average Bonchev–Trinajstić information content (AvgIpc) is 2.60. The van der Waals surface area contributed by atoms with Crippen molar-refractivity contribution in [3.63, 3.8) is 0 Å². The van der Waals surface area contributed by atoms with Crippen LogP contribution >= 0.6 is 0 Å². The molecule has 0 heterocycles. The maximum absolute atomic E-state index is 12.1. The summed E-state index contributed by atoms with van der Waals surface area (Å²) in [6.07, 6.45) is 6.80. The van der Waals surface area contributed by atoms with Gasteiger partial charge in [0.15, 0.2) is 0 Å². The Bertz CT molecular complexity index is 672. The first-order valence-corrected chi connectivity index (χ1v) is 10.5. The Balaban J connectivity index is 1.78. The highest BCUT2D eigenvalue weighted by Crippen LogP contribution is 2.41. The maximum Gasteiger partial charge on any atom is 0.315 e. The van der Waals surface area contributed by atoms with Gasteiger partial charge in [-0.2, -0.15) is 0 Å². The number of hydrogen-bond acceptors (Lipinski definition) is 3. The van der Waals surface area contributed by atoms with Crippen molar-refractivity contribution in [2.45, 2.75) is 69.9 Å². The minimum Gasteiger partial charge on any atom is -0.335 e. The molecule has 1 aliphatic carbocycles. The first-order chi connectivity index (χ1) is 11.8. The van der Waals surface area contributed by atoms with Crippen molar-refractivity contribution < 1.29 is 13.2 Å². The summed E-state index contributed by atoms with van der Waals surface area (Å²) < 4.78 is 22.4. The second-order valence-corrected chi connectivity index (χ2v) is 8.56. The van der Waals surface area contributed by atoms with Crippen molar-refractivity contribution in [3.8, 4) is 0 Å². The molecule has 0 saturated heterocycles. The molecule has 4 N–H and O–H groups in total. The van der Waals surface area contributed by atoms with E-state index in [9.17, 15) is 13.2 Å². The highest BCUT2D eigenvalue weighted by Gasteiger charge is 2.32. The Hall–Kier alpha value is -1.60. The lowest BCUT2D eigenvalue weighted by atomic mass is 9.69. The molecule has 0 spiro atoms. The molecule has 0 atom stereocenters. The number of benzene rings is 1. The Labute approximate surface area is 150 Å². The fourth-order valence-corrected chi connectivity index (χ4v) is 4.06. The van der Waals surface area contributed by atoms with Crippen LogP contribution in [0.2, 0.25) is 0 Å². The number of sulfonamides is 1. The molecule has 1 fully saturated rings. The molecule has 1 aliphatic rings. The van der Waals surface area contributed by atoms with E-state index in [-0.39, 0.29) is 17.0 Å². The SMILES string of the molecule is CCC1(CC)CCC(NC(=O)NCc2ccc(S(N)(=O)=O)cc2)CC1. The van der Waals surface area contributed by atoms with E-state index in [1.165, 1.54) is 37.8 Å². The maximum atomic E-state index is 12.1. The molecule has 1 aromatic rings. The van der Waals surface area contributed by atoms with Crippen LogP contribution in [-0.2, 0) is 16.6 Å². The predicted octanol–water partition coefficient (Wildman–Crippen LogP) is 2.88. The zero-order valence-electron chi connectivity index (χ0n) is 15.0. The van der Waals surface area contributed by atoms with Crippen LogP contribution in [0.4, 0.5) is 4.79 Å². The van der Waals surface area contributed by atoms with Crippen LogP contribution in [0.3, 0.4) is 0 Å². The average molecular weight is 368 g/mol. The number of hydrogen-bond donors (Lipinski definition) is 3. The van der Waals surface area contributed by atoms with Crippen molar-refractivity contribution in [1.82, 2.24) is 10.6 Å². The summed E-state index contributed by atoms with van der Waals surface area (Å²) >= 11 is 0. The van der Waals surface area contributed by atoms with E-state index < -0.39 is 10.0 Å². The number of carbonyl (C=O) groups is 1. The van der Waals surface area contributed by atoms with Gasteiger partial charge in [0.1, 0.15) is 0 Å². The lowest BCUT2D eigenvalue weighted by Gasteiger charge is -2.39. The van der Waals surface area contributed by atoms with Gasteiger partial charge in [0.2, 0.25) is 10.0 Å². The van der Waals surface area contributed by atoms with Gasteiger partial charge in [-0.1, -0.05) is 38.8 Å². The molecule has 7 heteroatoms. The number of primary sulfonamides is 1. The predicted molar refractivity (Wildman–Crippen MR) is 98.5 cm³/mol. The summed E-state index contributed by atoms with van der Waals surface area (Å²) in [5, 5.41) is 10.9. The standard InChI is InChI=1S/C18H29N3O3S/c1-3-18(4-2)11-9-15(10-12-18)21-17(22)20-13-14-5-7-16(8-6-14)25(19,23)24/h5-8,15H,3-4,9-13H2,1-2H3,(H2,19,23,24)(H2,20,21,22). The summed E-state index contributed by atoms with van der Waals surface area (Å²) in [4.78, 5) is 12.1. The van der Waals surface area contributed by atoms with E-state index in [1.54, 1.807) is 12.1 Å². The van der Waals surface area contributed by atoms with E-state index in [1.807, 2.05) is 0 Å². The van der Waals surface area contributed by atoms with Crippen LogP contribution in [0.1, 0.15) is 57.9 Å². The second-order valence-electron chi connectivity index (χ2n) is 7.00. The van der Waals surface area contributed by atoms with E-state index in [0.29, 0.717) is 12.0 Å². The van der Waals surface area contributed by atoms with Crippen molar-refractivity contribution in [1.29, 1.82) is 0 Å². The molecule has 1 saturated carbocycles. The van der Waals surface area contributed by atoms with E-state index in [0.717, 1.165) is 18.4 Å². The molecule has 0 bridgehead atoms. The zero-order valence-corrected chi connectivity index (χ0v) is 15.9. The summed E-state index contributed by atoms with van der Waals surface area (Å²) in [6, 6.07) is 6.24. The summed E-state index contributed by atoms with van der Waals surface area (Å²) in [7, 11) is -3.68. The van der Waals surface area contributed by atoms with Crippen LogP contribution in [0, 0.1) is 5.41 Å². The second kappa shape index (κ2) is 8.19. The van der Waals surface area contributed by atoms with Gasteiger partial charge >= 0.3 is 6.03 Å². The Morgan fingerprint density at radius 1 is 1.16 bits per heavy atom. The fraction of sp³-hybridized carbons (Fsp3) is 0.611. The van der Waals surface area contributed by atoms with Crippen LogP contribution in [-0.4, -0.2) is 20.5 Å². The van der Waals surface area contributed by atoms with Gasteiger partial charge in [-0.3, -0.25) is 0 Å². The zero-order chi connectivity index (χ0) is 18.5. The molecular formula is C18H29N3O3S. The number of urea groups is 1. The minimum absolute atomic E-state index is 0.0678. The quantitative estimate of drug-likeness (QED) is 0.720.